The Kier molecular flexibility index (Phi) is 5.17. The number of rotatable bonds is 3. The van der Waals surface area contributed by atoms with E-state index in [2.05, 4.69) is 10.6 Å². The first-order valence-electron chi connectivity index (χ1n) is 6.55. The normalized spacial score (nSPS) is 18.5. The van der Waals surface area contributed by atoms with Gasteiger partial charge in [-0.05, 0) is 46.7 Å². The Morgan fingerprint density at radius 3 is 2.32 bits per heavy atom. The molecule has 0 bridgehead atoms. The van der Waals surface area contributed by atoms with Crippen molar-refractivity contribution in [2.24, 2.45) is 0 Å². The highest BCUT2D eigenvalue weighted by molar-refractivity contribution is 5.74. The van der Waals surface area contributed by atoms with Crippen LogP contribution in [0.15, 0.2) is 0 Å². The maximum Gasteiger partial charge on any atom is 0.408 e. The van der Waals surface area contributed by atoms with E-state index in [0.717, 1.165) is 13.1 Å². The van der Waals surface area contributed by atoms with E-state index in [9.17, 15) is 9.59 Å². The van der Waals surface area contributed by atoms with Crippen LogP contribution in [0.4, 0.5) is 4.79 Å². The zero-order valence-corrected chi connectivity index (χ0v) is 12.2. The first kappa shape index (κ1) is 15.8. The van der Waals surface area contributed by atoms with Crippen LogP contribution in [0.25, 0.3) is 0 Å². The van der Waals surface area contributed by atoms with Gasteiger partial charge in [-0.2, -0.15) is 0 Å². The summed E-state index contributed by atoms with van der Waals surface area (Å²) in [6.45, 7) is 6.94. The second kappa shape index (κ2) is 6.23. The predicted octanol–water partition coefficient (Wildman–Crippen LogP) is 1.20. The number of amides is 1. The molecule has 19 heavy (non-hydrogen) atoms. The Hall–Kier alpha value is -1.30. The Labute approximate surface area is 114 Å². The molecule has 0 aromatic carbocycles. The first-order chi connectivity index (χ1) is 8.76. The van der Waals surface area contributed by atoms with E-state index in [0.29, 0.717) is 12.8 Å². The fourth-order valence-corrected chi connectivity index (χ4v) is 2.12. The zero-order chi connectivity index (χ0) is 14.5. The molecule has 110 valence electrons. The molecule has 0 atom stereocenters. The van der Waals surface area contributed by atoms with Crippen LogP contribution in [-0.4, -0.2) is 43.4 Å². The summed E-state index contributed by atoms with van der Waals surface area (Å²) >= 11 is 0. The Morgan fingerprint density at radius 1 is 1.26 bits per heavy atom. The van der Waals surface area contributed by atoms with Crippen molar-refractivity contribution >= 4 is 12.1 Å². The van der Waals surface area contributed by atoms with Gasteiger partial charge in [0.2, 0.25) is 0 Å². The summed E-state index contributed by atoms with van der Waals surface area (Å²) in [5.74, 6) is -0.321. The van der Waals surface area contributed by atoms with Gasteiger partial charge in [0.1, 0.15) is 5.60 Å². The lowest BCUT2D eigenvalue weighted by atomic mass is 9.85. The molecule has 1 aliphatic heterocycles. The summed E-state index contributed by atoms with van der Waals surface area (Å²) in [4.78, 5) is 23.4. The molecule has 0 spiro atoms. The summed E-state index contributed by atoms with van der Waals surface area (Å²) in [7, 11) is 1.35. The third-order valence-corrected chi connectivity index (χ3v) is 3.04. The van der Waals surface area contributed by atoms with E-state index < -0.39 is 17.2 Å². The number of esters is 1. The molecular weight excluding hydrogens is 248 g/mol. The molecule has 0 saturated carbocycles. The number of carbonyl (C=O) groups excluding carboxylic acids is 2. The van der Waals surface area contributed by atoms with Gasteiger partial charge in [0.15, 0.2) is 0 Å². The van der Waals surface area contributed by atoms with Crippen LogP contribution in [0.5, 0.6) is 0 Å². The van der Waals surface area contributed by atoms with Crippen molar-refractivity contribution < 1.29 is 19.1 Å². The van der Waals surface area contributed by atoms with E-state index in [1.54, 1.807) is 0 Å². The lowest BCUT2D eigenvalue weighted by Crippen LogP contribution is -2.56. The van der Waals surface area contributed by atoms with E-state index in [1.165, 1.54) is 7.11 Å². The average molecular weight is 272 g/mol. The number of ether oxygens (including phenoxy) is 2. The van der Waals surface area contributed by atoms with Crippen molar-refractivity contribution in [3.05, 3.63) is 0 Å². The van der Waals surface area contributed by atoms with Gasteiger partial charge >= 0.3 is 12.1 Å². The Bertz CT molecular complexity index is 330. The van der Waals surface area contributed by atoms with Crippen molar-refractivity contribution in [3.63, 3.8) is 0 Å². The molecule has 2 N–H and O–H groups in total. The standard InChI is InChI=1S/C13H24N2O4/c1-12(2,3)19-11(17)15-13(9-10(16)18-4)5-7-14-8-6-13/h14H,5-9H2,1-4H3,(H,15,17). The van der Waals surface area contributed by atoms with Gasteiger partial charge in [-0.25, -0.2) is 4.79 Å². The van der Waals surface area contributed by atoms with Crippen molar-refractivity contribution in [2.45, 2.75) is 51.2 Å². The second-order valence-electron chi connectivity index (χ2n) is 5.91. The van der Waals surface area contributed by atoms with Crippen LogP contribution < -0.4 is 10.6 Å². The van der Waals surface area contributed by atoms with Gasteiger partial charge in [0, 0.05) is 0 Å². The molecular formula is C13H24N2O4. The molecule has 1 amide bonds. The van der Waals surface area contributed by atoms with Gasteiger partial charge in [0.05, 0.1) is 19.1 Å². The molecule has 0 aromatic rings. The van der Waals surface area contributed by atoms with Crippen LogP contribution in [-0.2, 0) is 14.3 Å². The minimum atomic E-state index is -0.569. The maximum absolute atomic E-state index is 11.9. The summed E-state index contributed by atoms with van der Waals surface area (Å²) in [5.41, 5.74) is -1.12. The molecule has 0 aliphatic carbocycles. The highest BCUT2D eigenvalue weighted by atomic mass is 16.6. The fraction of sp³-hybridized carbons (Fsp3) is 0.846. The van der Waals surface area contributed by atoms with Crippen LogP contribution >= 0.6 is 0 Å². The third kappa shape index (κ3) is 5.46. The van der Waals surface area contributed by atoms with Crippen molar-refractivity contribution in [1.82, 2.24) is 10.6 Å². The fourth-order valence-electron chi connectivity index (χ4n) is 2.12. The SMILES string of the molecule is COC(=O)CC1(NC(=O)OC(C)(C)C)CCNCC1. The quantitative estimate of drug-likeness (QED) is 0.755. The lowest BCUT2D eigenvalue weighted by Gasteiger charge is -2.37. The number of piperidine rings is 1. The van der Waals surface area contributed by atoms with E-state index in [-0.39, 0.29) is 12.4 Å². The number of nitrogens with one attached hydrogen (secondary N) is 2. The number of carbonyl (C=O) groups is 2. The highest BCUT2D eigenvalue weighted by Gasteiger charge is 2.37. The number of alkyl carbamates (subject to hydrolysis) is 1. The van der Waals surface area contributed by atoms with Crippen LogP contribution in [0.3, 0.4) is 0 Å². The van der Waals surface area contributed by atoms with Crippen molar-refractivity contribution in [2.75, 3.05) is 20.2 Å². The third-order valence-electron chi connectivity index (χ3n) is 3.04. The number of hydrogen-bond acceptors (Lipinski definition) is 5. The summed E-state index contributed by atoms with van der Waals surface area (Å²) in [6.07, 6.45) is 1.05. The second-order valence-corrected chi connectivity index (χ2v) is 5.91. The minimum Gasteiger partial charge on any atom is -0.469 e. The summed E-state index contributed by atoms with van der Waals surface area (Å²) in [6, 6.07) is 0. The Balaban J connectivity index is 2.68. The van der Waals surface area contributed by atoms with Gasteiger partial charge in [-0.15, -0.1) is 0 Å². The molecule has 0 unspecified atom stereocenters. The summed E-state index contributed by atoms with van der Waals surface area (Å²) < 4.78 is 9.97. The van der Waals surface area contributed by atoms with E-state index in [1.807, 2.05) is 20.8 Å². The predicted molar refractivity (Wildman–Crippen MR) is 70.8 cm³/mol. The maximum atomic E-state index is 11.9. The zero-order valence-electron chi connectivity index (χ0n) is 12.2. The topological polar surface area (TPSA) is 76.7 Å². The molecule has 1 heterocycles. The van der Waals surface area contributed by atoms with Crippen LogP contribution in [0.1, 0.15) is 40.0 Å². The molecule has 6 heteroatoms. The molecule has 1 rings (SSSR count). The minimum absolute atomic E-state index is 0.171. The number of hydrogen-bond donors (Lipinski definition) is 2. The summed E-state index contributed by atoms with van der Waals surface area (Å²) in [5, 5.41) is 6.06. The van der Waals surface area contributed by atoms with Crippen LogP contribution in [0, 0.1) is 0 Å². The van der Waals surface area contributed by atoms with Crippen molar-refractivity contribution in [3.8, 4) is 0 Å². The smallest absolute Gasteiger partial charge is 0.408 e. The van der Waals surface area contributed by atoms with E-state index in [4.69, 9.17) is 9.47 Å². The molecule has 0 aromatic heterocycles. The van der Waals surface area contributed by atoms with E-state index >= 15 is 0 Å². The van der Waals surface area contributed by atoms with Crippen LogP contribution in [0.2, 0.25) is 0 Å². The molecule has 1 aliphatic rings. The molecule has 6 nitrogen and oxygen atoms in total. The number of methoxy groups -OCH3 is 1. The van der Waals surface area contributed by atoms with Crippen molar-refractivity contribution in [1.29, 1.82) is 0 Å². The monoisotopic (exact) mass is 272 g/mol. The first-order valence-corrected chi connectivity index (χ1v) is 6.55. The van der Waals surface area contributed by atoms with Gasteiger partial charge in [0.25, 0.3) is 0 Å². The van der Waals surface area contributed by atoms with Gasteiger partial charge in [-0.3, -0.25) is 4.79 Å². The Morgan fingerprint density at radius 2 is 1.84 bits per heavy atom. The van der Waals surface area contributed by atoms with Gasteiger partial charge in [-0.1, -0.05) is 0 Å². The lowest BCUT2D eigenvalue weighted by molar-refractivity contribution is -0.142. The average Bonchev–Trinajstić information content (AvgIpc) is 2.26. The van der Waals surface area contributed by atoms with Gasteiger partial charge < -0.3 is 20.1 Å². The molecule has 0 radical (unpaired) electrons. The molecule has 1 fully saturated rings. The highest BCUT2D eigenvalue weighted by Crippen LogP contribution is 2.24. The largest absolute Gasteiger partial charge is 0.469 e. The molecule has 1 saturated heterocycles.